The molecule has 1 fully saturated rings. The summed E-state index contributed by atoms with van der Waals surface area (Å²) in [5, 5.41) is 18.0. The average Bonchev–Trinajstić information content (AvgIpc) is 2.36. The van der Waals surface area contributed by atoms with Crippen molar-refractivity contribution in [3.05, 3.63) is 0 Å². The van der Waals surface area contributed by atoms with E-state index in [4.69, 9.17) is 9.84 Å². The first kappa shape index (κ1) is 8.93. The molecule has 0 aromatic carbocycles. The minimum Gasteiger partial charge on any atom is -0.395 e. The van der Waals surface area contributed by atoms with Gasteiger partial charge in [0.05, 0.1) is 32.0 Å². The Morgan fingerprint density at radius 1 is 1.55 bits per heavy atom. The van der Waals surface area contributed by atoms with E-state index in [1.165, 1.54) is 0 Å². The molecule has 2 unspecified atom stereocenters. The zero-order valence-corrected chi connectivity index (χ0v) is 6.73. The lowest BCUT2D eigenvalue weighted by atomic mass is 10.2. The fourth-order valence-electron chi connectivity index (χ4n) is 1.28. The van der Waals surface area contributed by atoms with E-state index < -0.39 is 6.10 Å². The molecule has 2 N–H and O–H groups in total. The third-order valence-corrected chi connectivity index (χ3v) is 2.04. The maximum absolute atomic E-state index is 9.34. The SMILES string of the molecule is CN(CCO)C1COCC1O. The first-order chi connectivity index (χ1) is 5.25. The van der Waals surface area contributed by atoms with Crippen LogP contribution in [0.3, 0.4) is 0 Å². The summed E-state index contributed by atoms with van der Waals surface area (Å²) in [5.74, 6) is 0. The van der Waals surface area contributed by atoms with Gasteiger partial charge < -0.3 is 14.9 Å². The fourth-order valence-corrected chi connectivity index (χ4v) is 1.28. The normalized spacial score (nSPS) is 31.6. The third kappa shape index (κ3) is 2.13. The minimum atomic E-state index is -0.397. The van der Waals surface area contributed by atoms with E-state index in [0.717, 1.165) is 0 Å². The summed E-state index contributed by atoms with van der Waals surface area (Å²) in [6.07, 6.45) is -0.397. The van der Waals surface area contributed by atoms with Gasteiger partial charge in [0.15, 0.2) is 0 Å². The first-order valence-corrected chi connectivity index (χ1v) is 3.82. The molecule has 0 aromatic heterocycles. The Labute approximate surface area is 66.4 Å². The summed E-state index contributed by atoms with van der Waals surface area (Å²) in [6, 6.07) is 0.0575. The molecule has 4 nitrogen and oxygen atoms in total. The molecule has 0 aromatic rings. The third-order valence-electron chi connectivity index (χ3n) is 2.04. The van der Waals surface area contributed by atoms with Gasteiger partial charge in [0, 0.05) is 6.54 Å². The van der Waals surface area contributed by atoms with E-state index in [1.807, 2.05) is 11.9 Å². The van der Waals surface area contributed by atoms with Crippen LogP contribution >= 0.6 is 0 Å². The molecule has 1 heterocycles. The molecular formula is C7H15NO3. The van der Waals surface area contributed by atoms with Crippen LogP contribution in [0.4, 0.5) is 0 Å². The predicted molar refractivity (Wildman–Crippen MR) is 40.3 cm³/mol. The zero-order chi connectivity index (χ0) is 8.27. The van der Waals surface area contributed by atoms with Gasteiger partial charge in [-0.1, -0.05) is 0 Å². The highest BCUT2D eigenvalue weighted by Gasteiger charge is 2.28. The van der Waals surface area contributed by atoms with Crippen molar-refractivity contribution in [2.24, 2.45) is 0 Å². The molecule has 1 saturated heterocycles. The summed E-state index contributed by atoms with van der Waals surface area (Å²) < 4.78 is 5.06. The lowest BCUT2D eigenvalue weighted by Gasteiger charge is -2.24. The van der Waals surface area contributed by atoms with E-state index in [-0.39, 0.29) is 12.6 Å². The molecule has 0 spiro atoms. The van der Waals surface area contributed by atoms with Crippen LogP contribution in [0.25, 0.3) is 0 Å². The van der Waals surface area contributed by atoms with E-state index in [9.17, 15) is 5.11 Å². The van der Waals surface area contributed by atoms with Crippen LogP contribution in [0.5, 0.6) is 0 Å². The summed E-state index contributed by atoms with van der Waals surface area (Å²) >= 11 is 0. The molecule has 66 valence electrons. The number of ether oxygens (including phenoxy) is 1. The van der Waals surface area contributed by atoms with Crippen LogP contribution in [0, 0.1) is 0 Å². The standard InChI is InChI=1S/C7H15NO3/c1-8(2-3-9)6-4-11-5-7(6)10/h6-7,9-10H,2-5H2,1H3. The van der Waals surface area contributed by atoms with Crippen molar-refractivity contribution < 1.29 is 14.9 Å². The molecule has 4 heteroatoms. The maximum Gasteiger partial charge on any atom is 0.0950 e. The molecular weight excluding hydrogens is 146 g/mol. The van der Waals surface area contributed by atoms with Crippen molar-refractivity contribution in [1.29, 1.82) is 0 Å². The van der Waals surface area contributed by atoms with Gasteiger partial charge in [-0.3, -0.25) is 4.90 Å². The fraction of sp³-hybridized carbons (Fsp3) is 1.00. The van der Waals surface area contributed by atoms with Gasteiger partial charge >= 0.3 is 0 Å². The zero-order valence-electron chi connectivity index (χ0n) is 6.73. The number of likely N-dealkylation sites (N-methyl/N-ethyl adjacent to an activating group) is 1. The maximum atomic E-state index is 9.34. The van der Waals surface area contributed by atoms with Gasteiger partial charge in [-0.05, 0) is 7.05 Å². The Balaban J connectivity index is 2.33. The van der Waals surface area contributed by atoms with Gasteiger partial charge in [-0.25, -0.2) is 0 Å². The molecule has 0 bridgehead atoms. The molecule has 1 aliphatic rings. The molecule has 1 aliphatic heterocycles. The smallest absolute Gasteiger partial charge is 0.0950 e. The van der Waals surface area contributed by atoms with Crippen LogP contribution < -0.4 is 0 Å². The highest BCUT2D eigenvalue weighted by atomic mass is 16.5. The van der Waals surface area contributed by atoms with E-state index in [1.54, 1.807) is 0 Å². The first-order valence-electron chi connectivity index (χ1n) is 3.82. The molecule has 0 aliphatic carbocycles. The number of rotatable bonds is 3. The molecule has 2 atom stereocenters. The van der Waals surface area contributed by atoms with Gasteiger partial charge in [0.25, 0.3) is 0 Å². The average molecular weight is 161 g/mol. The van der Waals surface area contributed by atoms with Crippen molar-refractivity contribution in [3.63, 3.8) is 0 Å². The van der Waals surface area contributed by atoms with Gasteiger partial charge in [0.1, 0.15) is 0 Å². The quantitative estimate of drug-likeness (QED) is 0.538. The van der Waals surface area contributed by atoms with Crippen LogP contribution in [0.2, 0.25) is 0 Å². The molecule has 0 saturated carbocycles. The highest BCUT2D eigenvalue weighted by molar-refractivity contribution is 4.81. The number of aliphatic hydroxyl groups excluding tert-OH is 2. The van der Waals surface area contributed by atoms with E-state index >= 15 is 0 Å². The monoisotopic (exact) mass is 161 g/mol. The molecule has 0 radical (unpaired) electrons. The van der Waals surface area contributed by atoms with E-state index in [2.05, 4.69) is 0 Å². The summed E-state index contributed by atoms with van der Waals surface area (Å²) in [7, 11) is 1.87. The number of nitrogens with zero attached hydrogens (tertiary/aromatic N) is 1. The van der Waals surface area contributed by atoms with Crippen molar-refractivity contribution in [1.82, 2.24) is 4.90 Å². The van der Waals surface area contributed by atoms with Gasteiger partial charge in [-0.2, -0.15) is 0 Å². The topological polar surface area (TPSA) is 52.9 Å². The summed E-state index contributed by atoms with van der Waals surface area (Å²) in [4.78, 5) is 1.91. The Kier molecular flexibility index (Phi) is 3.26. The summed E-state index contributed by atoms with van der Waals surface area (Å²) in [5.41, 5.74) is 0. The van der Waals surface area contributed by atoms with E-state index in [0.29, 0.717) is 19.8 Å². The summed E-state index contributed by atoms with van der Waals surface area (Å²) in [6.45, 7) is 1.70. The second-order valence-electron chi connectivity index (χ2n) is 2.88. The predicted octanol–water partition coefficient (Wildman–Crippen LogP) is -1.33. The second kappa shape index (κ2) is 4.01. The lowest BCUT2D eigenvalue weighted by molar-refractivity contribution is 0.0860. The van der Waals surface area contributed by atoms with Crippen LogP contribution in [-0.4, -0.2) is 60.7 Å². The van der Waals surface area contributed by atoms with Gasteiger partial charge in [-0.15, -0.1) is 0 Å². The Bertz CT molecular complexity index is 120. The van der Waals surface area contributed by atoms with Crippen molar-refractivity contribution in [2.75, 3.05) is 33.4 Å². The lowest BCUT2D eigenvalue weighted by Crippen LogP contribution is -2.41. The highest BCUT2D eigenvalue weighted by Crippen LogP contribution is 2.10. The van der Waals surface area contributed by atoms with Crippen LogP contribution in [0.15, 0.2) is 0 Å². The van der Waals surface area contributed by atoms with Crippen LogP contribution in [-0.2, 0) is 4.74 Å². The molecule has 1 rings (SSSR count). The Morgan fingerprint density at radius 2 is 2.27 bits per heavy atom. The second-order valence-corrected chi connectivity index (χ2v) is 2.88. The Morgan fingerprint density at radius 3 is 2.73 bits per heavy atom. The Hall–Kier alpha value is -0.160. The largest absolute Gasteiger partial charge is 0.395 e. The van der Waals surface area contributed by atoms with Crippen molar-refractivity contribution >= 4 is 0 Å². The van der Waals surface area contributed by atoms with Crippen molar-refractivity contribution in [3.8, 4) is 0 Å². The van der Waals surface area contributed by atoms with Crippen LogP contribution in [0.1, 0.15) is 0 Å². The molecule has 11 heavy (non-hydrogen) atoms. The number of aliphatic hydroxyl groups is 2. The number of hydrogen-bond acceptors (Lipinski definition) is 4. The van der Waals surface area contributed by atoms with Gasteiger partial charge in [0.2, 0.25) is 0 Å². The molecule has 0 amide bonds. The van der Waals surface area contributed by atoms with Crippen molar-refractivity contribution in [2.45, 2.75) is 12.1 Å². The minimum absolute atomic E-state index is 0.0575. The number of hydrogen-bond donors (Lipinski definition) is 2.